The first-order valence-electron chi connectivity index (χ1n) is 6.90. The van der Waals surface area contributed by atoms with Gasteiger partial charge in [0.15, 0.2) is 5.13 Å². The van der Waals surface area contributed by atoms with Gasteiger partial charge in [-0.25, -0.2) is 4.98 Å². The molecule has 1 aliphatic rings. The van der Waals surface area contributed by atoms with Gasteiger partial charge < -0.3 is 10.4 Å². The molecular formula is C14H22N2O2S. The number of nitrogens with one attached hydrogen (secondary N) is 1. The van der Waals surface area contributed by atoms with Crippen LogP contribution in [0.4, 0.5) is 5.13 Å². The molecule has 4 nitrogen and oxygen atoms in total. The Kier molecular flexibility index (Phi) is 4.45. The van der Waals surface area contributed by atoms with Crippen molar-refractivity contribution in [3.05, 3.63) is 11.1 Å². The van der Waals surface area contributed by atoms with Crippen LogP contribution in [-0.4, -0.2) is 22.1 Å². The van der Waals surface area contributed by atoms with Crippen LogP contribution < -0.4 is 5.32 Å². The molecule has 0 radical (unpaired) electrons. The van der Waals surface area contributed by atoms with Crippen molar-refractivity contribution in [3.8, 4) is 0 Å². The summed E-state index contributed by atoms with van der Waals surface area (Å²) in [5, 5.41) is 15.1. The normalized spacial score (nSPS) is 22.1. The zero-order valence-corrected chi connectivity index (χ0v) is 12.4. The van der Waals surface area contributed by atoms with Crippen molar-refractivity contribution in [1.29, 1.82) is 0 Å². The number of rotatable bonds is 5. The summed E-state index contributed by atoms with van der Waals surface area (Å²) in [4.78, 5) is 15.0. The van der Waals surface area contributed by atoms with Crippen LogP contribution in [0.15, 0.2) is 5.38 Å². The molecule has 0 saturated heterocycles. The third kappa shape index (κ3) is 3.93. The summed E-state index contributed by atoms with van der Waals surface area (Å²) in [6.45, 7) is 4.62. The van der Waals surface area contributed by atoms with E-state index in [2.05, 4.69) is 24.1 Å². The van der Waals surface area contributed by atoms with Crippen LogP contribution in [-0.2, 0) is 11.2 Å². The van der Waals surface area contributed by atoms with Crippen molar-refractivity contribution < 1.29 is 9.90 Å². The number of aromatic nitrogens is 1. The Bertz CT molecular complexity index is 442. The third-order valence-electron chi connectivity index (χ3n) is 3.95. The number of hydrogen-bond donors (Lipinski definition) is 2. The molecule has 1 aromatic heterocycles. The molecule has 1 aliphatic carbocycles. The number of carboxylic acid groups (broad SMARTS) is 1. The highest BCUT2D eigenvalue weighted by Gasteiger charge is 2.32. The average Bonchev–Trinajstić information content (AvgIpc) is 2.77. The summed E-state index contributed by atoms with van der Waals surface area (Å²) in [5.74, 6) is -0.768. The SMILES string of the molecule is CC1(C)CCCCC1Nc1nc(CCC(=O)O)cs1. The highest BCUT2D eigenvalue weighted by atomic mass is 32.1. The summed E-state index contributed by atoms with van der Waals surface area (Å²) in [6, 6.07) is 0.472. The van der Waals surface area contributed by atoms with E-state index in [0.717, 1.165) is 10.8 Å². The van der Waals surface area contributed by atoms with Gasteiger partial charge in [-0.1, -0.05) is 26.7 Å². The molecule has 5 heteroatoms. The molecule has 1 atom stereocenters. The fourth-order valence-electron chi connectivity index (χ4n) is 2.63. The first-order chi connectivity index (χ1) is 8.97. The monoisotopic (exact) mass is 282 g/mol. The molecule has 1 saturated carbocycles. The smallest absolute Gasteiger partial charge is 0.303 e. The van der Waals surface area contributed by atoms with Crippen LogP contribution in [0, 0.1) is 5.41 Å². The largest absolute Gasteiger partial charge is 0.481 e. The van der Waals surface area contributed by atoms with Gasteiger partial charge in [-0.15, -0.1) is 11.3 Å². The van der Waals surface area contributed by atoms with Crippen molar-refractivity contribution in [2.24, 2.45) is 5.41 Å². The zero-order chi connectivity index (χ0) is 13.9. The van der Waals surface area contributed by atoms with E-state index >= 15 is 0 Å². The molecule has 2 N–H and O–H groups in total. The van der Waals surface area contributed by atoms with E-state index in [9.17, 15) is 4.79 Å². The molecule has 0 bridgehead atoms. The number of carboxylic acids is 1. The molecule has 0 aromatic carbocycles. The molecule has 0 aliphatic heterocycles. The van der Waals surface area contributed by atoms with Crippen molar-refractivity contribution in [1.82, 2.24) is 4.98 Å². The van der Waals surface area contributed by atoms with Gasteiger partial charge in [-0.05, 0) is 18.3 Å². The molecule has 1 fully saturated rings. The maximum Gasteiger partial charge on any atom is 0.303 e. The minimum absolute atomic E-state index is 0.151. The second-order valence-corrected chi connectivity index (χ2v) is 6.83. The van der Waals surface area contributed by atoms with Crippen LogP contribution >= 0.6 is 11.3 Å². The lowest BCUT2D eigenvalue weighted by atomic mass is 9.73. The molecule has 1 heterocycles. The lowest BCUT2D eigenvalue weighted by Crippen LogP contribution is -2.38. The van der Waals surface area contributed by atoms with Crippen LogP contribution in [0.3, 0.4) is 0 Å². The van der Waals surface area contributed by atoms with Crippen LogP contribution in [0.5, 0.6) is 0 Å². The first kappa shape index (κ1) is 14.3. The van der Waals surface area contributed by atoms with Crippen molar-refractivity contribution in [2.75, 3.05) is 5.32 Å². The number of hydrogen-bond acceptors (Lipinski definition) is 4. The molecular weight excluding hydrogens is 260 g/mol. The molecule has 1 aromatic rings. The van der Waals surface area contributed by atoms with Crippen LogP contribution in [0.2, 0.25) is 0 Å². The number of aryl methyl sites for hydroxylation is 1. The summed E-state index contributed by atoms with van der Waals surface area (Å²) >= 11 is 1.58. The molecule has 106 valence electrons. The maximum absolute atomic E-state index is 10.5. The number of thiazole rings is 1. The summed E-state index contributed by atoms with van der Waals surface area (Å²) in [6.07, 6.45) is 5.70. The van der Waals surface area contributed by atoms with Gasteiger partial charge in [0.2, 0.25) is 0 Å². The summed E-state index contributed by atoms with van der Waals surface area (Å²) < 4.78 is 0. The number of anilines is 1. The molecule has 0 amide bonds. The second-order valence-electron chi connectivity index (χ2n) is 5.97. The Morgan fingerprint density at radius 1 is 1.58 bits per heavy atom. The number of nitrogens with zero attached hydrogens (tertiary/aromatic N) is 1. The van der Waals surface area contributed by atoms with Crippen LogP contribution in [0.1, 0.15) is 51.6 Å². The van der Waals surface area contributed by atoms with E-state index in [1.807, 2.05) is 5.38 Å². The van der Waals surface area contributed by atoms with Gasteiger partial charge in [0, 0.05) is 17.8 Å². The molecule has 1 unspecified atom stereocenters. The quantitative estimate of drug-likeness (QED) is 0.867. The summed E-state index contributed by atoms with van der Waals surface area (Å²) in [7, 11) is 0. The zero-order valence-electron chi connectivity index (χ0n) is 11.6. The fourth-order valence-corrected chi connectivity index (χ4v) is 3.43. The van der Waals surface area contributed by atoms with E-state index in [-0.39, 0.29) is 6.42 Å². The van der Waals surface area contributed by atoms with Gasteiger partial charge in [0.05, 0.1) is 12.1 Å². The number of aliphatic carboxylic acids is 1. The molecule has 2 rings (SSSR count). The van der Waals surface area contributed by atoms with E-state index in [1.165, 1.54) is 25.7 Å². The predicted octanol–water partition coefficient (Wildman–Crippen LogP) is 3.54. The van der Waals surface area contributed by atoms with Gasteiger partial charge in [-0.2, -0.15) is 0 Å². The average molecular weight is 282 g/mol. The first-order valence-corrected chi connectivity index (χ1v) is 7.78. The molecule has 19 heavy (non-hydrogen) atoms. The van der Waals surface area contributed by atoms with E-state index in [4.69, 9.17) is 5.11 Å². The Morgan fingerprint density at radius 2 is 2.37 bits per heavy atom. The van der Waals surface area contributed by atoms with Gasteiger partial charge in [0.25, 0.3) is 0 Å². The van der Waals surface area contributed by atoms with Crippen molar-refractivity contribution in [2.45, 2.75) is 58.4 Å². The predicted molar refractivity (Wildman–Crippen MR) is 77.7 cm³/mol. The van der Waals surface area contributed by atoms with Gasteiger partial charge in [-0.3, -0.25) is 4.79 Å². The second kappa shape index (κ2) is 5.90. The Morgan fingerprint density at radius 3 is 3.05 bits per heavy atom. The van der Waals surface area contributed by atoms with Crippen molar-refractivity contribution >= 4 is 22.4 Å². The Hall–Kier alpha value is -1.10. The minimum atomic E-state index is -0.768. The maximum atomic E-state index is 10.5. The van der Waals surface area contributed by atoms with E-state index in [0.29, 0.717) is 17.9 Å². The van der Waals surface area contributed by atoms with Gasteiger partial charge >= 0.3 is 5.97 Å². The Balaban J connectivity index is 1.93. The summed E-state index contributed by atoms with van der Waals surface area (Å²) in [5.41, 5.74) is 1.19. The third-order valence-corrected chi connectivity index (χ3v) is 4.77. The highest BCUT2D eigenvalue weighted by molar-refractivity contribution is 7.13. The number of carbonyl (C=O) groups is 1. The fraction of sp³-hybridized carbons (Fsp3) is 0.714. The topological polar surface area (TPSA) is 62.2 Å². The van der Waals surface area contributed by atoms with Gasteiger partial charge in [0.1, 0.15) is 0 Å². The highest BCUT2D eigenvalue weighted by Crippen LogP contribution is 2.37. The Labute approximate surface area is 118 Å². The van der Waals surface area contributed by atoms with Crippen LogP contribution in [0.25, 0.3) is 0 Å². The lowest BCUT2D eigenvalue weighted by molar-refractivity contribution is -0.136. The molecule has 0 spiro atoms. The lowest BCUT2D eigenvalue weighted by Gasteiger charge is -2.38. The van der Waals surface area contributed by atoms with E-state index < -0.39 is 5.97 Å². The standard InChI is InChI=1S/C14H22N2O2S/c1-14(2)8-4-3-5-11(14)16-13-15-10(9-19-13)6-7-12(17)18/h9,11H,3-8H2,1-2H3,(H,15,16)(H,17,18). The van der Waals surface area contributed by atoms with Crippen molar-refractivity contribution in [3.63, 3.8) is 0 Å². The minimum Gasteiger partial charge on any atom is -0.481 e. The van der Waals surface area contributed by atoms with E-state index in [1.54, 1.807) is 11.3 Å².